The van der Waals surface area contributed by atoms with Gasteiger partial charge in [0, 0.05) is 23.1 Å². The molecule has 0 bridgehead atoms. The Hall–Kier alpha value is -3.08. The summed E-state index contributed by atoms with van der Waals surface area (Å²) in [5.41, 5.74) is 2.75. The number of nitrogens with zero attached hydrogens (tertiary/aromatic N) is 4. The van der Waals surface area contributed by atoms with Gasteiger partial charge in [0.15, 0.2) is 4.34 Å². The lowest BCUT2D eigenvalue weighted by Crippen LogP contribution is -2.15. The molecule has 0 aliphatic heterocycles. The van der Waals surface area contributed by atoms with E-state index in [0.29, 0.717) is 22.0 Å². The third kappa shape index (κ3) is 4.29. The Bertz CT molecular complexity index is 1490. The van der Waals surface area contributed by atoms with Crippen molar-refractivity contribution in [2.24, 2.45) is 0 Å². The molecule has 0 radical (unpaired) electrons. The lowest BCUT2D eigenvalue weighted by Gasteiger charge is -2.04. The van der Waals surface area contributed by atoms with Crippen LogP contribution in [0, 0.1) is 0 Å². The molecule has 1 N–H and O–H groups in total. The van der Waals surface area contributed by atoms with Crippen molar-refractivity contribution in [3.05, 3.63) is 81.2 Å². The lowest BCUT2D eigenvalue weighted by atomic mass is 10.2. The molecule has 5 rings (SSSR count). The summed E-state index contributed by atoms with van der Waals surface area (Å²) in [6, 6.07) is 16.3. The Balaban J connectivity index is 1.31. The van der Waals surface area contributed by atoms with Gasteiger partial charge in [0.25, 0.3) is 11.5 Å². The van der Waals surface area contributed by atoms with Gasteiger partial charge in [-0.15, -0.1) is 11.3 Å². The second-order valence-electron chi connectivity index (χ2n) is 6.90. The number of hydrogen-bond donors (Lipinski definition) is 1. The minimum atomic E-state index is -0.162. The topological polar surface area (TPSA) is 89.3 Å². The van der Waals surface area contributed by atoms with Gasteiger partial charge < -0.3 is 5.32 Å². The predicted molar refractivity (Wildman–Crippen MR) is 130 cm³/mol. The molecule has 0 unspecified atom stereocenters. The number of hydrogen-bond acceptors (Lipinski definition) is 8. The van der Waals surface area contributed by atoms with Crippen molar-refractivity contribution in [2.75, 3.05) is 5.32 Å². The fraction of sp³-hybridized carbons (Fsp3) is 0.136. The Morgan fingerprint density at radius 1 is 1.09 bits per heavy atom. The van der Waals surface area contributed by atoms with Crippen LogP contribution in [0.25, 0.3) is 15.2 Å². The number of thiazole rings is 1. The number of amides is 1. The molecule has 160 valence electrons. The molecular formula is C22H17N5O2S3. The van der Waals surface area contributed by atoms with Crippen molar-refractivity contribution in [3.8, 4) is 0 Å². The van der Waals surface area contributed by atoms with E-state index in [-0.39, 0.29) is 11.5 Å². The molecule has 5 aromatic rings. The van der Waals surface area contributed by atoms with Crippen LogP contribution in [-0.2, 0) is 12.2 Å². The maximum Gasteiger partial charge on any atom is 0.275 e. The molecule has 0 fully saturated rings. The van der Waals surface area contributed by atoms with Crippen LogP contribution < -0.4 is 10.9 Å². The van der Waals surface area contributed by atoms with E-state index in [4.69, 9.17) is 0 Å². The molecule has 32 heavy (non-hydrogen) atoms. The first kappa shape index (κ1) is 20.8. The van der Waals surface area contributed by atoms with E-state index in [1.807, 2.05) is 43.3 Å². The van der Waals surface area contributed by atoms with E-state index in [9.17, 15) is 9.59 Å². The average Bonchev–Trinajstić information content (AvgIpc) is 3.41. The van der Waals surface area contributed by atoms with Gasteiger partial charge in [0.1, 0.15) is 5.01 Å². The quantitative estimate of drug-likeness (QED) is 0.350. The van der Waals surface area contributed by atoms with Crippen LogP contribution in [0.4, 0.5) is 5.69 Å². The van der Waals surface area contributed by atoms with Crippen LogP contribution in [0.2, 0.25) is 0 Å². The SMILES string of the molecule is CCc1nn2c(=O)cc(CSc3nc4ccc(NC(=O)c5ccccc5)cc4s3)nc2s1. The molecule has 1 amide bonds. The molecule has 0 saturated heterocycles. The molecular weight excluding hydrogens is 462 g/mol. The van der Waals surface area contributed by atoms with E-state index in [0.717, 1.165) is 31.7 Å². The molecule has 0 aliphatic rings. The smallest absolute Gasteiger partial charge is 0.275 e. The number of anilines is 1. The number of thioether (sulfide) groups is 1. The van der Waals surface area contributed by atoms with Gasteiger partial charge in [-0.3, -0.25) is 9.59 Å². The fourth-order valence-corrected chi connectivity index (χ4v) is 5.94. The Labute approximate surface area is 195 Å². The van der Waals surface area contributed by atoms with Gasteiger partial charge in [0.05, 0.1) is 15.9 Å². The minimum absolute atomic E-state index is 0.147. The van der Waals surface area contributed by atoms with Gasteiger partial charge in [-0.1, -0.05) is 48.2 Å². The molecule has 3 heterocycles. The monoisotopic (exact) mass is 479 g/mol. The van der Waals surface area contributed by atoms with Crippen molar-refractivity contribution in [1.82, 2.24) is 19.6 Å². The highest BCUT2D eigenvalue weighted by atomic mass is 32.2. The average molecular weight is 480 g/mol. The van der Waals surface area contributed by atoms with E-state index < -0.39 is 0 Å². The molecule has 0 spiro atoms. The Kier molecular flexibility index (Phi) is 5.73. The highest BCUT2D eigenvalue weighted by molar-refractivity contribution is 8.00. The molecule has 7 nitrogen and oxygen atoms in total. The van der Waals surface area contributed by atoms with Gasteiger partial charge >= 0.3 is 0 Å². The lowest BCUT2D eigenvalue weighted by molar-refractivity contribution is 0.102. The molecule has 0 saturated carbocycles. The number of benzene rings is 2. The molecule has 10 heteroatoms. The first-order valence-electron chi connectivity index (χ1n) is 9.87. The first-order chi connectivity index (χ1) is 15.6. The zero-order valence-electron chi connectivity index (χ0n) is 16.9. The summed E-state index contributed by atoms with van der Waals surface area (Å²) >= 11 is 4.53. The summed E-state index contributed by atoms with van der Waals surface area (Å²) in [5.74, 6) is 0.397. The van der Waals surface area contributed by atoms with Crippen LogP contribution in [0.1, 0.15) is 28.0 Å². The van der Waals surface area contributed by atoms with Gasteiger partial charge in [-0.2, -0.15) is 9.61 Å². The summed E-state index contributed by atoms with van der Waals surface area (Å²) in [7, 11) is 0. The summed E-state index contributed by atoms with van der Waals surface area (Å²) in [5, 5.41) is 8.10. The van der Waals surface area contributed by atoms with Crippen LogP contribution in [0.15, 0.2) is 63.7 Å². The maximum absolute atomic E-state index is 12.4. The summed E-state index contributed by atoms with van der Waals surface area (Å²) in [6.45, 7) is 2.01. The second kappa shape index (κ2) is 8.81. The summed E-state index contributed by atoms with van der Waals surface area (Å²) in [6.07, 6.45) is 0.775. The van der Waals surface area contributed by atoms with Gasteiger partial charge in [-0.05, 0) is 36.8 Å². The number of aromatic nitrogens is 4. The third-order valence-corrected chi connectivity index (χ3v) is 7.90. The van der Waals surface area contributed by atoms with Crippen LogP contribution in [0.5, 0.6) is 0 Å². The van der Waals surface area contributed by atoms with Gasteiger partial charge in [0.2, 0.25) is 4.96 Å². The van der Waals surface area contributed by atoms with E-state index >= 15 is 0 Å². The van der Waals surface area contributed by atoms with E-state index in [1.54, 1.807) is 23.5 Å². The number of carbonyl (C=O) groups is 1. The molecule has 2 aromatic carbocycles. The largest absolute Gasteiger partial charge is 0.322 e. The number of carbonyl (C=O) groups excluding carboxylic acids is 1. The maximum atomic E-state index is 12.4. The fourth-order valence-electron chi connectivity index (χ4n) is 3.08. The summed E-state index contributed by atoms with van der Waals surface area (Å²) in [4.78, 5) is 34.6. The minimum Gasteiger partial charge on any atom is -0.322 e. The number of aryl methyl sites for hydroxylation is 1. The highest BCUT2D eigenvalue weighted by Crippen LogP contribution is 2.32. The van der Waals surface area contributed by atoms with Crippen LogP contribution >= 0.6 is 34.4 Å². The van der Waals surface area contributed by atoms with Crippen LogP contribution in [0.3, 0.4) is 0 Å². The highest BCUT2D eigenvalue weighted by Gasteiger charge is 2.11. The number of fused-ring (bicyclic) bond motifs is 2. The predicted octanol–water partition coefficient (Wildman–Crippen LogP) is 4.87. The van der Waals surface area contributed by atoms with E-state index in [1.165, 1.54) is 33.7 Å². The van der Waals surface area contributed by atoms with Crippen molar-refractivity contribution >= 4 is 61.2 Å². The Morgan fingerprint density at radius 2 is 1.94 bits per heavy atom. The van der Waals surface area contributed by atoms with E-state index in [2.05, 4.69) is 20.4 Å². The van der Waals surface area contributed by atoms with Crippen LogP contribution in [-0.4, -0.2) is 25.5 Å². The number of rotatable bonds is 6. The normalized spacial score (nSPS) is 11.3. The standard InChI is InChI=1S/C22H17N5O2S3/c1-2-18-26-27-19(28)11-15(24-21(27)32-18)12-30-22-25-16-9-8-14(10-17(16)31-22)23-20(29)13-6-4-3-5-7-13/h3-11H,2,12H2,1H3,(H,23,29). The summed E-state index contributed by atoms with van der Waals surface area (Å²) < 4.78 is 3.23. The van der Waals surface area contributed by atoms with Crippen molar-refractivity contribution in [1.29, 1.82) is 0 Å². The zero-order valence-corrected chi connectivity index (χ0v) is 19.4. The van der Waals surface area contributed by atoms with Gasteiger partial charge in [-0.25, -0.2) is 9.97 Å². The molecule has 3 aromatic heterocycles. The van der Waals surface area contributed by atoms with Crippen molar-refractivity contribution < 1.29 is 4.79 Å². The zero-order chi connectivity index (χ0) is 22.1. The number of nitrogens with one attached hydrogen (secondary N) is 1. The van der Waals surface area contributed by atoms with Crippen molar-refractivity contribution in [2.45, 2.75) is 23.4 Å². The third-order valence-electron chi connectivity index (χ3n) is 4.65. The van der Waals surface area contributed by atoms with Crippen molar-refractivity contribution in [3.63, 3.8) is 0 Å². The Morgan fingerprint density at radius 3 is 2.75 bits per heavy atom. The second-order valence-corrected chi connectivity index (χ2v) is 10.2. The molecule has 0 aliphatic carbocycles. The first-order valence-corrected chi connectivity index (χ1v) is 12.5. The molecule has 0 atom stereocenters.